The Morgan fingerprint density at radius 3 is 1.52 bits per heavy atom. The molecule has 0 bridgehead atoms. The normalized spacial score (nSPS) is 14.0. The topological polar surface area (TPSA) is 108 Å². The average Bonchev–Trinajstić information content (AvgIpc) is 2.91. The zero-order chi connectivity index (χ0) is 31.5. The Bertz CT molecular complexity index is 713. The maximum absolute atomic E-state index is 12.4. The number of unbranched alkanes of at least 4 members (excludes halogenated alkanes) is 16. The fourth-order valence-corrected chi connectivity index (χ4v) is 5.17. The molecule has 0 fully saturated rings. The number of hydrogen-bond acceptors (Lipinski definition) is 7. The van der Waals surface area contributed by atoms with Crippen molar-refractivity contribution in [2.45, 2.75) is 148 Å². The van der Waals surface area contributed by atoms with Gasteiger partial charge in [-0.05, 0) is 12.8 Å². The van der Waals surface area contributed by atoms with E-state index in [0.717, 1.165) is 44.9 Å². The van der Waals surface area contributed by atoms with Crippen molar-refractivity contribution in [3.05, 3.63) is 0 Å². The van der Waals surface area contributed by atoms with Gasteiger partial charge in [0.05, 0.1) is 27.7 Å². The Kier molecular flexibility index (Phi) is 25.8. The quantitative estimate of drug-likeness (QED) is 0.0370. The van der Waals surface area contributed by atoms with Crippen LogP contribution >= 0.6 is 7.82 Å². The van der Waals surface area contributed by atoms with E-state index >= 15 is 0 Å². The summed E-state index contributed by atoms with van der Waals surface area (Å²) in [6.45, 7) is 4.31. The third-order valence-corrected chi connectivity index (χ3v) is 8.12. The average molecular weight is 623 g/mol. The highest BCUT2D eigenvalue weighted by Crippen LogP contribution is 2.43. The van der Waals surface area contributed by atoms with Crippen molar-refractivity contribution < 1.29 is 42.1 Å². The Balaban J connectivity index is 4.34. The minimum Gasteiger partial charge on any atom is -0.462 e. The Hall–Kier alpha value is -0.990. The van der Waals surface area contributed by atoms with Crippen LogP contribution in [-0.2, 0) is 32.7 Å². The van der Waals surface area contributed by atoms with Gasteiger partial charge in [-0.3, -0.25) is 18.6 Å². The molecule has 0 aliphatic heterocycles. The van der Waals surface area contributed by atoms with Crippen LogP contribution in [0.25, 0.3) is 0 Å². The maximum atomic E-state index is 12.4. The van der Waals surface area contributed by atoms with Gasteiger partial charge in [0.25, 0.3) is 0 Å². The first-order chi connectivity index (χ1) is 20.0. The molecular formula is C32H65NO8P+. The third kappa shape index (κ3) is 29.1. The van der Waals surface area contributed by atoms with E-state index in [1.807, 2.05) is 21.1 Å². The summed E-state index contributed by atoms with van der Waals surface area (Å²) in [4.78, 5) is 34.7. The van der Waals surface area contributed by atoms with Crippen molar-refractivity contribution in [1.29, 1.82) is 0 Å². The van der Waals surface area contributed by atoms with E-state index in [9.17, 15) is 19.0 Å². The highest BCUT2D eigenvalue weighted by molar-refractivity contribution is 7.47. The van der Waals surface area contributed by atoms with Crippen molar-refractivity contribution in [2.75, 3.05) is 47.5 Å². The van der Waals surface area contributed by atoms with Crippen LogP contribution in [0.4, 0.5) is 0 Å². The molecule has 0 spiro atoms. The summed E-state index contributed by atoms with van der Waals surface area (Å²) in [7, 11) is 1.48. The Morgan fingerprint density at radius 2 is 1.07 bits per heavy atom. The molecule has 9 nitrogen and oxygen atoms in total. The summed E-state index contributed by atoms with van der Waals surface area (Å²) >= 11 is 0. The van der Waals surface area contributed by atoms with Crippen molar-refractivity contribution in [2.24, 2.45) is 0 Å². The second-order valence-corrected chi connectivity index (χ2v) is 14.0. The second-order valence-electron chi connectivity index (χ2n) is 12.6. The van der Waals surface area contributed by atoms with Crippen LogP contribution in [0, 0.1) is 0 Å². The predicted molar refractivity (Wildman–Crippen MR) is 169 cm³/mol. The molecule has 0 saturated carbocycles. The molecular weight excluding hydrogens is 557 g/mol. The molecule has 0 aliphatic carbocycles. The van der Waals surface area contributed by atoms with Crippen LogP contribution in [0.2, 0.25) is 0 Å². The first kappa shape index (κ1) is 41.0. The van der Waals surface area contributed by atoms with E-state index in [1.54, 1.807) is 0 Å². The lowest BCUT2D eigenvalue weighted by Gasteiger charge is -2.24. The van der Waals surface area contributed by atoms with Crippen molar-refractivity contribution in [1.82, 2.24) is 0 Å². The van der Waals surface area contributed by atoms with Gasteiger partial charge in [-0.15, -0.1) is 0 Å². The number of rotatable bonds is 30. The first-order valence-electron chi connectivity index (χ1n) is 16.8. The zero-order valence-corrected chi connectivity index (χ0v) is 28.6. The molecule has 0 heterocycles. The fourth-order valence-electron chi connectivity index (χ4n) is 4.42. The number of likely N-dealkylation sites (N-methyl/N-ethyl adjacent to an activating group) is 1. The number of phosphoric acid groups is 1. The second kappa shape index (κ2) is 26.4. The van der Waals surface area contributed by atoms with Crippen LogP contribution in [0.3, 0.4) is 0 Å². The van der Waals surface area contributed by atoms with Crippen LogP contribution in [0.5, 0.6) is 0 Å². The monoisotopic (exact) mass is 622 g/mol. The van der Waals surface area contributed by atoms with Gasteiger partial charge in [-0.1, -0.05) is 117 Å². The summed E-state index contributed by atoms with van der Waals surface area (Å²) in [5, 5.41) is 0. The largest absolute Gasteiger partial charge is 0.472 e. The summed E-state index contributed by atoms with van der Waals surface area (Å²) in [6, 6.07) is 0. The smallest absolute Gasteiger partial charge is 0.462 e. The van der Waals surface area contributed by atoms with E-state index in [-0.39, 0.29) is 25.6 Å². The number of ether oxygens (including phenoxy) is 2. The van der Waals surface area contributed by atoms with Crippen LogP contribution < -0.4 is 0 Å². The SMILES string of the molecule is CCCCCCCCCCCCCCCC(=O)OCC(COP(=O)(O)OCC[N+](C)(C)C)OC(=O)CCCCCCC. The van der Waals surface area contributed by atoms with Gasteiger partial charge in [0.1, 0.15) is 19.8 Å². The molecule has 42 heavy (non-hydrogen) atoms. The lowest BCUT2D eigenvalue weighted by molar-refractivity contribution is -0.870. The molecule has 0 rings (SSSR count). The van der Waals surface area contributed by atoms with Crippen molar-refractivity contribution in [3.63, 3.8) is 0 Å². The number of quaternary nitrogens is 1. The Labute approximate surface area is 257 Å². The van der Waals surface area contributed by atoms with Gasteiger partial charge in [-0.25, -0.2) is 4.57 Å². The first-order valence-corrected chi connectivity index (χ1v) is 18.3. The molecule has 0 aromatic rings. The molecule has 0 aromatic heterocycles. The molecule has 2 atom stereocenters. The van der Waals surface area contributed by atoms with Gasteiger partial charge < -0.3 is 18.9 Å². The lowest BCUT2D eigenvalue weighted by atomic mass is 10.0. The van der Waals surface area contributed by atoms with Crippen LogP contribution in [0.15, 0.2) is 0 Å². The molecule has 2 unspecified atom stereocenters. The minimum atomic E-state index is -4.34. The van der Waals surface area contributed by atoms with Crippen molar-refractivity contribution >= 4 is 19.8 Å². The highest BCUT2D eigenvalue weighted by Gasteiger charge is 2.27. The molecule has 250 valence electrons. The number of phosphoric ester groups is 1. The van der Waals surface area contributed by atoms with Gasteiger partial charge in [0.15, 0.2) is 6.10 Å². The molecule has 0 amide bonds. The molecule has 10 heteroatoms. The maximum Gasteiger partial charge on any atom is 0.472 e. The highest BCUT2D eigenvalue weighted by atomic mass is 31.2. The third-order valence-electron chi connectivity index (χ3n) is 7.14. The minimum absolute atomic E-state index is 0.0353. The fraction of sp³-hybridized carbons (Fsp3) is 0.938. The lowest BCUT2D eigenvalue weighted by Crippen LogP contribution is -2.37. The molecule has 0 saturated heterocycles. The summed E-state index contributed by atoms with van der Waals surface area (Å²) in [5.74, 6) is -0.809. The van der Waals surface area contributed by atoms with E-state index < -0.39 is 26.5 Å². The standard InChI is InChI=1S/C32H64NO8P/c1-6-8-10-12-13-14-15-16-17-18-19-21-22-24-31(34)38-28-30(41-32(35)25-23-20-11-9-7-2)29-40-42(36,37)39-27-26-33(3,4)5/h30H,6-29H2,1-5H3/p+1. The van der Waals surface area contributed by atoms with Crippen molar-refractivity contribution in [3.8, 4) is 0 Å². The van der Waals surface area contributed by atoms with Gasteiger partial charge in [-0.2, -0.15) is 0 Å². The molecule has 0 aromatic carbocycles. The summed E-state index contributed by atoms with van der Waals surface area (Å²) in [5.41, 5.74) is 0. The summed E-state index contributed by atoms with van der Waals surface area (Å²) < 4.78 is 33.8. The molecule has 0 radical (unpaired) electrons. The van der Waals surface area contributed by atoms with E-state index in [1.165, 1.54) is 64.2 Å². The van der Waals surface area contributed by atoms with Crippen LogP contribution in [0.1, 0.15) is 142 Å². The number of carbonyl (C=O) groups is 2. The molecule has 1 N–H and O–H groups in total. The van der Waals surface area contributed by atoms with E-state index in [4.69, 9.17) is 18.5 Å². The number of nitrogens with zero attached hydrogens (tertiary/aromatic N) is 1. The Morgan fingerprint density at radius 1 is 0.643 bits per heavy atom. The van der Waals surface area contributed by atoms with Gasteiger partial charge in [0, 0.05) is 12.8 Å². The molecule has 0 aliphatic rings. The van der Waals surface area contributed by atoms with E-state index in [2.05, 4.69) is 13.8 Å². The van der Waals surface area contributed by atoms with Gasteiger partial charge in [0.2, 0.25) is 0 Å². The number of hydrogen-bond donors (Lipinski definition) is 1. The number of carbonyl (C=O) groups excluding carboxylic acids is 2. The van der Waals surface area contributed by atoms with Gasteiger partial charge >= 0.3 is 19.8 Å². The predicted octanol–water partition coefficient (Wildman–Crippen LogP) is 8.12. The summed E-state index contributed by atoms with van der Waals surface area (Å²) in [6.07, 6.45) is 20.5. The van der Waals surface area contributed by atoms with Crippen LogP contribution in [-0.4, -0.2) is 74.9 Å². The van der Waals surface area contributed by atoms with E-state index in [0.29, 0.717) is 23.9 Å². The number of esters is 2. The zero-order valence-electron chi connectivity index (χ0n) is 27.7.